The summed E-state index contributed by atoms with van der Waals surface area (Å²) in [6, 6.07) is 15.3. The Hall–Kier alpha value is -2.93. The van der Waals surface area contributed by atoms with Crippen LogP contribution in [0.15, 0.2) is 72.0 Å². The number of nitrogens with one attached hydrogen (secondary N) is 1. The van der Waals surface area contributed by atoms with E-state index in [9.17, 15) is 8.42 Å². The molecule has 0 spiro atoms. The molecule has 3 aromatic rings. The van der Waals surface area contributed by atoms with Gasteiger partial charge in [0, 0.05) is 17.4 Å². The predicted octanol–water partition coefficient (Wildman–Crippen LogP) is 2.53. The van der Waals surface area contributed by atoms with Gasteiger partial charge in [0.25, 0.3) is 10.0 Å². The molecule has 3 N–H and O–H groups in total. The molecule has 0 unspecified atom stereocenters. The number of benzene rings is 2. The van der Waals surface area contributed by atoms with Crippen LogP contribution in [0.1, 0.15) is 0 Å². The number of aromatic nitrogens is 2. The Kier molecular flexibility index (Phi) is 3.94. The zero-order valence-electron chi connectivity index (χ0n) is 12.0. The lowest BCUT2D eigenvalue weighted by molar-refractivity contribution is 0.601. The van der Waals surface area contributed by atoms with Crippen molar-refractivity contribution >= 4 is 21.5 Å². The molecule has 0 aliphatic heterocycles. The highest BCUT2D eigenvalue weighted by atomic mass is 32.2. The van der Waals surface area contributed by atoms with Crippen LogP contribution in [0.4, 0.5) is 11.5 Å². The van der Waals surface area contributed by atoms with E-state index in [2.05, 4.69) is 14.7 Å². The highest BCUT2D eigenvalue weighted by molar-refractivity contribution is 7.92. The second kappa shape index (κ2) is 6.05. The minimum atomic E-state index is -3.76. The van der Waals surface area contributed by atoms with Crippen molar-refractivity contribution in [3.05, 3.63) is 67.1 Å². The fourth-order valence-electron chi connectivity index (χ4n) is 2.07. The summed E-state index contributed by atoms with van der Waals surface area (Å²) >= 11 is 0. The summed E-state index contributed by atoms with van der Waals surface area (Å²) < 4.78 is 27.5. The smallest absolute Gasteiger partial charge is 0.263 e. The van der Waals surface area contributed by atoms with Crippen LogP contribution in [-0.2, 0) is 10.0 Å². The first-order valence-electron chi connectivity index (χ1n) is 6.80. The molecule has 2 aromatic carbocycles. The normalized spacial score (nSPS) is 11.1. The molecule has 116 valence electrons. The number of rotatable bonds is 4. The molecule has 6 nitrogen and oxygen atoms in total. The maximum absolute atomic E-state index is 12.5. The van der Waals surface area contributed by atoms with Crippen molar-refractivity contribution in [2.75, 3.05) is 10.5 Å². The first-order chi connectivity index (χ1) is 11.1. The van der Waals surface area contributed by atoms with Crippen molar-refractivity contribution in [2.45, 2.75) is 4.90 Å². The molecule has 0 amide bonds. The molecule has 0 radical (unpaired) electrons. The Morgan fingerprint density at radius 3 is 2.35 bits per heavy atom. The topological polar surface area (TPSA) is 98.0 Å². The van der Waals surface area contributed by atoms with Gasteiger partial charge in [-0.1, -0.05) is 30.3 Å². The molecule has 0 saturated heterocycles. The van der Waals surface area contributed by atoms with Gasteiger partial charge >= 0.3 is 0 Å². The van der Waals surface area contributed by atoms with Crippen LogP contribution in [0.2, 0.25) is 0 Å². The molecule has 1 heterocycles. The second-order valence-corrected chi connectivity index (χ2v) is 6.51. The highest BCUT2D eigenvalue weighted by Gasteiger charge is 2.17. The highest BCUT2D eigenvalue weighted by Crippen LogP contribution is 2.26. The molecular weight excluding hydrogens is 312 g/mol. The van der Waals surface area contributed by atoms with Crippen molar-refractivity contribution in [2.24, 2.45) is 0 Å². The van der Waals surface area contributed by atoms with Gasteiger partial charge in [0.2, 0.25) is 0 Å². The van der Waals surface area contributed by atoms with E-state index in [0.29, 0.717) is 11.3 Å². The van der Waals surface area contributed by atoms with Crippen molar-refractivity contribution in [1.29, 1.82) is 0 Å². The van der Waals surface area contributed by atoms with Crippen LogP contribution in [0, 0.1) is 0 Å². The number of hydrogen-bond donors (Lipinski definition) is 2. The van der Waals surface area contributed by atoms with E-state index in [-0.39, 0.29) is 10.7 Å². The molecule has 0 aliphatic rings. The predicted molar refractivity (Wildman–Crippen MR) is 89.1 cm³/mol. The zero-order chi connectivity index (χ0) is 16.3. The molecule has 0 fully saturated rings. The van der Waals surface area contributed by atoms with E-state index in [1.165, 1.54) is 30.6 Å². The fraction of sp³-hybridized carbons (Fsp3) is 0. The zero-order valence-corrected chi connectivity index (χ0v) is 12.9. The van der Waals surface area contributed by atoms with E-state index in [4.69, 9.17) is 5.73 Å². The van der Waals surface area contributed by atoms with Crippen LogP contribution in [0.25, 0.3) is 11.1 Å². The maximum atomic E-state index is 12.5. The van der Waals surface area contributed by atoms with Crippen molar-refractivity contribution in [3.8, 4) is 11.1 Å². The molecule has 1 aromatic heterocycles. The Labute approximate surface area is 134 Å². The van der Waals surface area contributed by atoms with Crippen LogP contribution < -0.4 is 10.5 Å². The third kappa shape index (κ3) is 3.29. The average Bonchev–Trinajstić information content (AvgIpc) is 2.56. The lowest BCUT2D eigenvalue weighted by Gasteiger charge is -2.11. The monoisotopic (exact) mass is 326 g/mol. The van der Waals surface area contributed by atoms with Crippen LogP contribution in [-0.4, -0.2) is 18.4 Å². The maximum Gasteiger partial charge on any atom is 0.263 e. The molecule has 0 saturated carbocycles. The number of nitrogens with zero attached hydrogens (tertiary/aromatic N) is 2. The summed E-state index contributed by atoms with van der Waals surface area (Å²) in [6.45, 7) is 0. The summed E-state index contributed by atoms with van der Waals surface area (Å²) in [4.78, 5) is 8.15. The Balaban J connectivity index is 1.99. The second-order valence-electron chi connectivity index (χ2n) is 4.83. The van der Waals surface area contributed by atoms with Gasteiger partial charge in [-0.3, -0.25) is 4.72 Å². The van der Waals surface area contributed by atoms with Crippen molar-refractivity contribution < 1.29 is 8.42 Å². The van der Waals surface area contributed by atoms with Gasteiger partial charge in [-0.2, -0.15) is 0 Å². The number of hydrogen-bond acceptors (Lipinski definition) is 5. The minimum Gasteiger partial charge on any atom is -0.399 e. The lowest BCUT2D eigenvalue weighted by Crippen LogP contribution is -2.14. The van der Waals surface area contributed by atoms with E-state index in [0.717, 1.165) is 5.56 Å². The van der Waals surface area contributed by atoms with Gasteiger partial charge in [-0.15, -0.1) is 0 Å². The molecule has 0 atom stereocenters. The Bertz CT molecular complexity index is 910. The van der Waals surface area contributed by atoms with Crippen LogP contribution >= 0.6 is 0 Å². The van der Waals surface area contributed by atoms with Gasteiger partial charge in [0.05, 0.1) is 4.90 Å². The molecule has 0 bridgehead atoms. The Morgan fingerprint density at radius 2 is 1.65 bits per heavy atom. The third-order valence-corrected chi connectivity index (χ3v) is 4.57. The standard InChI is InChI=1S/C16H14N4O2S/c17-13-6-8-14(9-7-13)23(21,22)20-16-15(10-18-11-19-16)12-4-2-1-3-5-12/h1-11H,17H2,(H,18,19,20). The summed E-state index contributed by atoms with van der Waals surface area (Å²) in [7, 11) is -3.76. The first kappa shape index (κ1) is 15.0. The van der Waals surface area contributed by atoms with E-state index < -0.39 is 10.0 Å². The van der Waals surface area contributed by atoms with E-state index in [1.54, 1.807) is 6.20 Å². The summed E-state index contributed by atoms with van der Waals surface area (Å²) in [5.74, 6) is 0.225. The third-order valence-electron chi connectivity index (χ3n) is 3.22. The van der Waals surface area contributed by atoms with Gasteiger partial charge in [0.15, 0.2) is 5.82 Å². The summed E-state index contributed by atoms with van der Waals surface area (Å²) in [5.41, 5.74) is 7.51. The number of sulfonamides is 1. The Morgan fingerprint density at radius 1 is 0.957 bits per heavy atom. The van der Waals surface area contributed by atoms with Gasteiger partial charge in [-0.05, 0) is 29.8 Å². The molecule has 3 rings (SSSR count). The van der Waals surface area contributed by atoms with E-state index in [1.807, 2.05) is 30.3 Å². The van der Waals surface area contributed by atoms with Crippen LogP contribution in [0.5, 0.6) is 0 Å². The average molecular weight is 326 g/mol. The van der Waals surface area contributed by atoms with Gasteiger partial charge in [-0.25, -0.2) is 18.4 Å². The summed E-state index contributed by atoms with van der Waals surface area (Å²) in [5, 5.41) is 0. The SMILES string of the molecule is Nc1ccc(S(=O)(=O)Nc2ncncc2-c2ccccc2)cc1. The molecule has 23 heavy (non-hydrogen) atoms. The minimum absolute atomic E-state index is 0.115. The van der Waals surface area contributed by atoms with Crippen molar-refractivity contribution in [3.63, 3.8) is 0 Å². The number of nitrogens with two attached hydrogens (primary N) is 1. The first-order valence-corrected chi connectivity index (χ1v) is 8.28. The lowest BCUT2D eigenvalue weighted by atomic mass is 10.1. The quantitative estimate of drug-likeness (QED) is 0.718. The van der Waals surface area contributed by atoms with Crippen LogP contribution in [0.3, 0.4) is 0 Å². The van der Waals surface area contributed by atoms with Crippen molar-refractivity contribution in [1.82, 2.24) is 9.97 Å². The van der Waals surface area contributed by atoms with E-state index >= 15 is 0 Å². The van der Waals surface area contributed by atoms with Gasteiger partial charge in [0.1, 0.15) is 6.33 Å². The summed E-state index contributed by atoms with van der Waals surface area (Å²) in [6.07, 6.45) is 2.87. The number of anilines is 2. The molecular formula is C16H14N4O2S. The van der Waals surface area contributed by atoms with Gasteiger partial charge < -0.3 is 5.73 Å². The largest absolute Gasteiger partial charge is 0.399 e. The molecule has 0 aliphatic carbocycles. The fourth-order valence-corrected chi connectivity index (χ4v) is 3.10. The molecule has 7 heteroatoms. The number of nitrogen functional groups attached to an aromatic ring is 1.